The molecule has 1 aliphatic rings. The van der Waals surface area contributed by atoms with Gasteiger partial charge in [-0.1, -0.05) is 31.0 Å². The van der Waals surface area contributed by atoms with Crippen LogP contribution in [0.15, 0.2) is 18.2 Å². The predicted octanol–water partition coefficient (Wildman–Crippen LogP) is 3.92. The molecule has 0 spiro atoms. The molecule has 0 unspecified atom stereocenters. The molecule has 0 bridgehead atoms. The van der Waals surface area contributed by atoms with Gasteiger partial charge in [-0.05, 0) is 49.3 Å². The normalized spacial score (nSPS) is 18.2. The molecular weight excluding hydrogens is 218 g/mol. The van der Waals surface area contributed by atoms with Gasteiger partial charge in [0.05, 0.1) is 0 Å². The Kier molecular flexibility index (Phi) is 4.82. The molecule has 1 aromatic rings. The number of nitrogens with two attached hydrogens (primary N) is 1. The third kappa shape index (κ3) is 2.58. The minimum Gasteiger partial charge on any atom is -0.324 e. The quantitative estimate of drug-likeness (QED) is 0.832. The van der Waals surface area contributed by atoms with Crippen LogP contribution in [0.1, 0.15) is 48.4 Å². The van der Waals surface area contributed by atoms with Crippen molar-refractivity contribution in [1.82, 2.24) is 0 Å². The average molecular weight is 240 g/mol. The Morgan fingerprint density at radius 3 is 2.12 bits per heavy atom. The zero-order valence-corrected chi connectivity index (χ0v) is 11.0. The van der Waals surface area contributed by atoms with Crippen molar-refractivity contribution in [2.75, 3.05) is 0 Å². The van der Waals surface area contributed by atoms with Crippen molar-refractivity contribution in [2.24, 2.45) is 11.7 Å². The topological polar surface area (TPSA) is 26.0 Å². The monoisotopic (exact) mass is 239 g/mol. The summed E-state index contributed by atoms with van der Waals surface area (Å²) in [6.45, 7) is 4.36. The predicted molar refractivity (Wildman–Crippen MR) is 72.1 cm³/mol. The molecule has 2 heteroatoms. The summed E-state index contributed by atoms with van der Waals surface area (Å²) in [6.07, 6.45) is 5.36. The van der Waals surface area contributed by atoms with E-state index in [9.17, 15) is 0 Å². The summed E-state index contributed by atoms with van der Waals surface area (Å²) in [5.41, 5.74) is 10.5. The second-order valence-electron chi connectivity index (χ2n) is 4.88. The largest absolute Gasteiger partial charge is 0.324 e. The lowest BCUT2D eigenvalue weighted by Gasteiger charge is -2.23. The van der Waals surface area contributed by atoms with Gasteiger partial charge >= 0.3 is 0 Å². The highest BCUT2D eigenvalue weighted by molar-refractivity contribution is 5.85. The molecule has 1 nitrogen and oxygen atoms in total. The number of hydrogen-bond acceptors (Lipinski definition) is 1. The van der Waals surface area contributed by atoms with E-state index in [-0.39, 0.29) is 18.4 Å². The molecule has 0 radical (unpaired) electrons. The highest BCUT2D eigenvalue weighted by atomic mass is 35.5. The molecule has 1 aromatic carbocycles. The van der Waals surface area contributed by atoms with Gasteiger partial charge in [-0.25, -0.2) is 0 Å². The maximum absolute atomic E-state index is 6.40. The number of hydrogen-bond donors (Lipinski definition) is 1. The first-order valence-corrected chi connectivity index (χ1v) is 6.02. The summed E-state index contributed by atoms with van der Waals surface area (Å²) in [5.74, 6) is 0.713. The van der Waals surface area contributed by atoms with Crippen LogP contribution in [0.25, 0.3) is 0 Å². The second-order valence-corrected chi connectivity index (χ2v) is 4.88. The van der Waals surface area contributed by atoms with Crippen molar-refractivity contribution in [3.63, 3.8) is 0 Å². The molecule has 0 amide bonds. The average Bonchev–Trinajstić information content (AvgIpc) is 2.69. The lowest BCUT2D eigenvalue weighted by Crippen LogP contribution is -2.21. The van der Waals surface area contributed by atoms with E-state index in [0.717, 1.165) is 0 Å². The second kappa shape index (κ2) is 5.70. The van der Waals surface area contributed by atoms with Crippen LogP contribution in [0.3, 0.4) is 0 Å². The number of halogens is 1. The molecule has 16 heavy (non-hydrogen) atoms. The first-order valence-electron chi connectivity index (χ1n) is 6.02. The third-order valence-electron chi connectivity index (χ3n) is 3.78. The van der Waals surface area contributed by atoms with E-state index >= 15 is 0 Å². The van der Waals surface area contributed by atoms with E-state index in [1.54, 1.807) is 0 Å². The van der Waals surface area contributed by atoms with Crippen LogP contribution in [0.4, 0.5) is 0 Å². The molecule has 2 rings (SSSR count). The summed E-state index contributed by atoms with van der Waals surface area (Å²) in [4.78, 5) is 0. The zero-order valence-electron chi connectivity index (χ0n) is 10.2. The SMILES string of the molecule is Cc1cccc(C)c1[C@@H](N)C1CCCC1.Cl. The number of rotatable bonds is 2. The summed E-state index contributed by atoms with van der Waals surface area (Å²) in [5, 5.41) is 0. The maximum Gasteiger partial charge on any atom is 0.0328 e. The van der Waals surface area contributed by atoms with E-state index < -0.39 is 0 Å². The minimum absolute atomic E-state index is 0. The Balaban J connectivity index is 0.00000128. The zero-order chi connectivity index (χ0) is 10.8. The molecule has 0 heterocycles. The van der Waals surface area contributed by atoms with Crippen molar-refractivity contribution >= 4 is 12.4 Å². The van der Waals surface area contributed by atoms with Crippen molar-refractivity contribution in [2.45, 2.75) is 45.6 Å². The Morgan fingerprint density at radius 2 is 1.62 bits per heavy atom. The van der Waals surface area contributed by atoms with Crippen molar-refractivity contribution in [3.8, 4) is 0 Å². The molecule has 2 N–H and O–H groups in total. The van der Waals surface area contributed by atoms with Crippen LogP contribution < -0.4 is 5.73 Å². The summed E-state index contributed by atoms with van der Waals surface area (Å²) >= 11 is 0. The molecule has 0 saturated heterocycles. The first kappa shape index (κ1) is 13.5. The van der Waals surface area contributed by atoms with Crippen LogP contribution >= 0.6 is 12.4 Å². The van der Waals surface area contributed by atoms with Crippen molar-refractivity contribution < 1.29 is 0 Å². The molecule has 0 aromatic heterocycles. The number of aryl methyl sites for hydroxylation is 2. The smallest absolute Gasteiger partial charge is 0.0328 e. The Morgan fingerprint density at radius 1 is 1.12 bits per heavy atom. The highest BCUT2D eigenvalue weighted by Gasteiger charge is 2.24. The molecule has 1 aliphatic carbocycles. The highest BCUT2D eigenvalue weighted by Crippen LogP contribution is 2.36. The van der Waals surface area contributed by atoms with Gasteiger partial charge in [-0.15, -0.1) is 12.4 Å². The summed E-state index contributed by atoms with van der Waals surface area (Å²) in [7, 11) is 0. The van der Waals surface area contributed by atoms with Gasteiger partial charge in [0, 0.05) is 6.04 Å². The van der Waals surface area contributed by atoms with Gasteiger partial charge in [0.2, 0.25) is 0 Å². The van der Waals surface area contributed by atoms with Crippen LogP contribution in [-0.4, -0.2) is 0 Å². The van der Waals surface area contributed by atoms with Crippen LogP contribution in [-0.2, 0) is 0 Å². The minimum atomic E-state index is 0. The van der Waals surface area contributed by atoms with E-state index in [4.69, 9.17) is 5.73 Å². The van der Waals surface area contributed by atoms with E-state index in [1.807, 2.05) is 0 Å². The van der Waals surface area contributed by atoms with Gasteiger partial charge in [0.1, 0.15) is 0 Å². The first-order chi connectivity index (χ1) is 7.20. The van der Waals surface area contributed by atoms with Gasteiger partial charge in [-0.3, -0.25) is 0 Å². The van der Waals surface area contributed by atoms with Gasteiger partial charge in [-0.2, -0.15) is 0 Å². The summed E-state index contributed by atoms with van der Waals surface area (Å²) < 4.78 is 0. The van der Waals surface area contributed by atoms with Gasteiger partial charge < -0.3 is 5.73 Å². The lowest BCUT2D eigenvalue weighted by atomic mass is 9.87. The van der Waals surface area contributed by atoms with E-state index in [0.29, 0.717) is 5.92 Å². The van der Waals surface area contributed by atoms with Crippen molar-refractivity contribution in [1.29, 1.82) is 0 Å². The number of benzene rings is 1. The lowest BCUT2D eigenvalue weighted by molar-refractivity contribution is 0.442. The summed E-state index contributed by atoms with van der Waals surface area (Å²) in [6, 6.07) is 6.73. The van der Waals surface area contributed by atoms with Gasteiger partial charge in [0.15, 0.2) is 0 Å². The fourth-order valence-electron chi connectivity index (χ4n) is 2.91. The fourth-order valence-corrected chi connectivity index (χ4v) is 2.91. The molecule has 0 aliphatic heterocycles. The molecule has 1 fully saturated rings. The van der Waals surface area contributed by atoms with Crippen LogP contribution in [0, 0.1) is 19.8 Å². The molecule has 1 atom stereocenters. The van der Waals surface area contributed by atoms with E-state index in [2.05, 4.69) is 32.0 Å². The standard InChI is InChI=1S/C14H21N.ClH/c1-10-6-5-7-11(2)13(10)14(15)12-8-3-4-9-12;/h5-7,12,14H,3-4,8-9,15H2,1-2H3;1H/t14-;/m0./s1. The Bertz CT molecular complexity index is 322. The third-order valence-corrected chi connectivity index (χ3v) is 3.78. The van der Waals surface area contributed by atoms with Crippen LogP contribution in [0.2, 0.25) is 0 Å². The van der Waals surface area contributed by atoms with Gasteiger partial charge in [0.25, 0.3) is 0 Å². The maximum atomic E-state index is 6.40. The van der Waals surface area contributed by atoms with Crippen LogP contribution in [0.5, 0.6) is 0 Å². The van der Waals surface area contributed by atoms with Crippen molar-refractivity contribution in [3.05, 3.63) is 34.9 Å². The molecular formula is C14H22ClN. The molecule has 1 saturated carbocycles. The Labute approximate surface area is 105 Å². The van der Waals surface area contributed by atoms with E-state index in [1.165, 1.54) is 42.4 Å². The molecule has 90 valence electrons. The Hall–Kier alpha value is -0.530. The fraction of sp³-hybridized carbons (Fsp3) is 0.571.